The molecule has 31 heavy (non-hydrogen) atoms. The number of rotatable bonds is 5. The van der Waals surface area contributed by atoms with Gasteiger partial charge in [0.05, 0.1) is 11.2 Å². The Labute approximate surface area is 181 Å². The number of aromatic nitrogens is 5. The van der Waals surface area contributed by atoms with Crippen molar-refractivity contribution >= 4 is 22.5 Å². The fourth-order valence-electron chi connectivity index (χ4n) is 3.97. The van der Waals surface area contributed by atoms with E-state index in [-0.39, 0.29) is 0 Å². The zero-order valence-electron chi connectivity index (χ0n) is 17.8. The highest BCUT2D eigenvalue weighted by Crippen LogP contribution is 2.28. The van der Waals surface area contributed by atoms with Crippen LogP contribution in [0, 0.1) is 6.92 Å². The Balaban J connectivity index is 1.50. The molecule has 1 aliphatic heterocycles. The first-order valence-corrected chi connectivity index (χ1v) is 10.6. The third-order valence-corrected chi connectivity index (χ3v) is 5.65. The van der Waals surface area contributed by atoms with E-state index in [9.17, 15) is 0 Å². The molecule has 2 aromatic heterocycles. The van der Waals surface area contributed by atoms with Crippen LogP contribution >= 0.6 is 0 Å². The highest BCUT2D eigenvalue weighted by Gasteiger charge is 2.22. The van der Waals surface area contributed by atoms with Gasteiger partial charge in [0.2, 0.25) is 0 Å². The number of nitrogens with zero attached hydrogens (tertiary/aromatic N) is 5. The molecule has 8 nitrogen and oxygen atoms in total. The Bertz CT molecular complexity index is 1190. The molecular formula is C23H26N8. The first-order valence-electron chi connectivity index (χ1n) is 10.6. The summed E-state index contributed by atoms with van der Waals surface area (Å²) in [5.74, 6) is 2.18. The lowest BCUT2D eigenvalue weighted by molar-refractivity contribution is 0.482. The van der Waals surface area contributed by atoms with Crippen LogP contribution in [-0.2, 0) is 6.54 Å². The van der Waals surface area contributed by atoms with Crippen molar-refractivity contribution in [2.24, 2.45) is 0 Å². The number of aryl methyl sites for hydroxylation is 1. The van der Waals surface area contributed by atoms with E-state index in [2.05, 4.69) is 61.1 Å². The van der Waals surface area contributed by atoms with Gasteiger partial charge >= 0.3 is 0 Å². The zero-order valence-corrected chi connectivity index (χ0v) is 17.8. The quantitative estimate of drug-likeness (QED) is 0.462. The summed E-state index contributed by atoms with van der Waals surface area (Å²) in [4.78, 5) is 7.25. The summed E-state index contributed by atoms with van der Waals surface area (Å²) in [5, 5.41) is 24.4. The van der Waals surface area contributed by atoms with Gasteiger partial charge in [-0.25, -0.2) is 4.98 Å². The first kappa shape index (κ1) is 19.4. The molecule has 8 heteroatoms. The van der Waals surface area contributed by atoms with Crippen LogP contribution in [0.3, 0.4) is 0 Å². The number of hydrogen-bond donors (Lipinski definition) is 3. The summed E-state index contributed by atoms with van der Waals surface area (Å²) in [6.45, 7) is 7.52. The SMILES string of the molecule is Cc1n[nH]c2ccc(-c3nnc(NCc4ccccc4)c(N4CCN[C@@H](C)C4)n3)cc12. The van der Waals surface area contributed by atoms with Gasteiger partial charge in [-0.05, 0) is 37.6 Å². The first-order chi connectivity index (χ1) is 15.2. The normalized spacial score (nSPS) is 16.6. The summed E-state index contributed by atoms with van der Waals surface area (Å²) in [7, 11) is 0. The lowest BCUT2D eigenvalue weighted by atomic mass is 10.1. The Kier molecular flexibility index (Phi) is 5.21. The van der Waals surface area contributed by atoms with Crippen molar-refractivity contribution in [1.29, 1.82) is 0 Å². The molecule has 0 radical (unpaired) electrons. The smallest absolute Gasteiger partial charge is 0.192 e. The summed E-state index contributed by atoms with van der Waals surface area (Å²) in [6, 6.07) is 16.8. The van der Waals surface area contributed by atoms with Gasteiger partial charge in [0.25, 0.3) is 0 Å². The van der Waals surface area contributed by atoms with E-state index in [1.807, 2.05) is 37.3 Å². The van der Waals surface area contributed by atoms with Crippen LogP contribution in [0.5, 0.6) is 0 Å². The third kappa shape index (κ3) is 4.06. The van der Waals surface area contributed by atoms with Crippen molar-refractivity contribution in [3.05, 3.63) is 59.8 Å². The standard InChI is InChI=1S/C23H26N8/c1-15-14-31(11-10-24-15)23-22(25-13-17-6-4-3-5-7-17)30-29-21(26-23)18-8-9-20-19(12-18)16(2)27-28-20/h3-9,12,15,24H,10-11,13-14H2,1-2H3,(H,25,30)(H,27,28)/t15-/m0/s1. The van der Waals surface area contributed by atoms with Crippen LogP contribution in [0.15, 0.2) is 48.5 Å². The van der Waals surface area contributed by atoms with E-state index in [1.54, 1.807) is 0 Å². The van der Waals surface area contributed by atoms with Crippen LogP contribution in [0.4, 0.5) is 11.6 Å². The second-order valence-electron chi connectivity index (χ2n) is 8.02. The molecule has 0 aliphatic carbocycles. The number of nitrogens with one attached hydrogen (secondary N) is 3. The maximum atomic E-state index is 4.97. The average molecular weight is 415 g/mol. The van der Waals surface area contributed by atoms with Crippen molar-refractivity contribution in [2.75, 3.05) is 29.9 Å². The van der Waals surface area contributed by atoms with E-state index in [0.29, 0.717) is 24.2 Å². The van der Waals surface area contributed by atoms with Crippen LogP contribution in [-0.4, -0.2) is 51.1 Å². The molecule has 3 heterocycles. The van der Waals surface area contributed by atoms with Gasteiger partial charge in [-0.15, -0.1) is 10.2 Å². The Hall–Kier alpha value is -3.52. The molecule has 4 aromatic rings. The van der Waals surface area contributed by atoms with Crippen LogP contribution in [0.2, 0.25) is 0 Å². The summed E-state index contributed by atoms with van der Waals surface area (Å²) in [5.41, 5.74) is 4.09. The fourth-order valence-corrected chi connectivity index (χ4v) is 3.97. The molecule has 3 N–H and O–H groups in total. The summed E-state index contributed by atoms with van der Waals surface area (Å²) >= 11 is 0. The van der Waals surface area contributed by atoms with E-state index >= 15 is 0 Å². The number of anilines is 2. The highest BCUT2D eigenvalue weighted by atomic mass is 15.3. The largest absolute Gasteiger partial charge is 0.361 e. The van der Waals surface area contributed by atoms with E-state index < -0.39 is 0 Å². The van der Waals surface area contributed by atoms with E-state index in [4.69, 9.17) is 4.98 Å². The van der Waals surface area contributed by atoms with Gasteiger partial charge in [-0.1, -0.05) is 30.3 Å². The maximum absolute atomic E-state index is 4.97. The fraction of sp³-hybridized carbons (Fsp3) is 0.304. The molecule has 1 saturated heterocycles. The predicted molar refractivity (Wildman–Crippen MR) is 123 cm³/mol. The van der Waals surface area contributed by atoms with Crippen LogP contribution in [0.1, 0.15) is 18.2 Å². The van der Waals surface area contributed by atoms with Gasteiger partial charge in [0.15, 0.2) is 17.5 Å². The lowest BCUT2D eigenvalue weighted by Gasteiger charge is -2.33. The van der Waals surface area contributed by atoms with Crippen molar-refractivity contribution in [1.82, 2.24) is 30.7 Å². The predicted octanol–water partition coefficient (Wildman–Crippen LogP) is 3.13. The minimum Gasteiger partial charge on any atom is -0.361 e. The second kappa shape index (κ2) is 8.31. The third-order valence-electron chi connectivity index (χ3n) is 5.65. The molecule has 0 bridgehead atoms. The molecule has 5 rings (SSSR count). The van der Waals surface area contributed by atoms with E-state index in [1.165, 1.54) is 5.56 Å². The van der Waals surface area contributed by atoms with Gasteiger partial charge < -0.3 is 15.5 Å². The van der Waals surface area contributed by atoms with Crippen molar-refractivity contribution < 1.29 is 0 Å². The number of H-pyrrole nitrogens is 1. The number of aromatic amines is 1. The van der Waals surface area contributed by atoms with Crippen LogP contribution in [0.25, 0.3) is 22.3 Å². The molecule has 1 aliphatic rings. The topological polar surface area (TPSA) is 94.6 Å². The summed E-state index contributed by atoms with van der Waals surface area (Å²) < 4.78 is 0. The minimum absolute atomic E-state index is 0.388. The van der Waals surface area contributed by atoms with Crippen molar-refractivity contribution in [3.63, 3.8) is 0 Å². The highest BCUT2D eigenvalue weighted by molar-refractivity contribution is 5.85. The van der Waals surface area contributed by atoms with Crippen molar-refractivity contribution in [2.45, 2.75) is 26.4 Å². The number of hydrogen-bond acceptors (Lipinski definition) is 7. The molecule has 1 atom stereocenters. The molecule has 1 fully saturated rings. The average Bonchev–Trinajstić information content (AvgIpc) is 3.18. The monoisotopic (exact) mass is 414 g/mol. The number of fused-ring (bicyclic) bond motifs is 1. The molecule has 0 spiro atoms. The minimum atomic E-state index is 0.388. The summed E-state index contributed by atoms with van der Waals surface area (Å²) in [6.07, 6.45) is 0. The number of benzene rings is 2. The Morgan fingerprint density at radius 3 is 2.84 bits per heavy atom. The zero-order chi connectivity index (χ0) is 21.2. The number of piperazine rings is 1. The van der Waals surface area contributed by atoms with Gasteiger partial charge in [0, 0.05) is 43.2 Å². The lowest BCUT2D eigenvalue weighted by Crippen LogP contribution is -2.49. The molecular weight excluding hydrogens is 388 g/mol. The molecule has 2 aromatic carbocycles. The van der Waals surface area contributed by atoms with Crippen molar-refractivity contribution in [3.8, 4) is 11.4 Å². The Morgan fingerprint density at radius 1 is 1.13 bits per heavy atom. The second-order valence-corrected chi connectivity index (χ2v) is 8.02. The van der Waals surface area contributed by atoms with Gasteiger partial charge in [-0.3, -0.25) is 5.10 Å². The van der Waals surface area contributed by atoms with E-state index in [0.717, 1.165) is 47.6 Å². The molecule has 0 amide bonds. The van der Waals surface area contributed by atoms with Gasteiger partial charge in [0.1, 0.15) is 0 Å². The molecule has 0 saturated carbocycles. The van der Waals surface area contributed by atoms with Gasteiger partial charge in [-0.2, -0.15) is 5.10 Å². The Morgan fingerprint density at radius 2 is 2.00 bits per heavy atom. The molecule has 158 valence electrons. The maximum Gasteiger partial charge on any atom is 0.192 e. The molecule has 0 unspecified atom stereocenters. The van der Waals surface area contributed by atoms with Crippen LogP contribution < -0.4 is 15.5 Å².